The fourth-order valence-corrected chi connectivity index (χ4v) is 9.98. The Morgan fingerprint density at radius 1 is 0.820 bits per heavy atom. The van der Waals surface area contributed by atoms with Gasteiger partial charge in [-0.1, -0.05) is 91.0 Å². The molecule has 2 aliphatic carbocycles. The number of aromatic nitrogens is 5. The minimum Gasteiger partial charge on any atom is -0.466 e. The number of esters is 2. The molecule has 6 aromatic rings. The predicted molar refractivity (Wildman–Crippen MR) is 230 cm³/mol. The molecule has 0 amide bonds. The molecule has 16 heteroatoms. The van der Waals surface area contributed by atoms with Crippen molar-refractivity contribution in [3.63, 3.8) is 0 Å². The van der Waals surface area contributed by atoms with Gasteiger partial charge in [0, 0.05) is 25.1 Å². The van der Waals surface area contributed by atoms with Crippen molar-refractivity contribution in [1.29, 1.82) is 0 Å². The lowest BCUT2D eigenvalue weighted by Crippen LogP contribution is -2.46. The van der Waals surface area contributed by atoms with Crippen LogP contribution in [0.25, 0.3) is 11.2 Å². The first-order chi connectivity index (χ1) is 29.6. The largest absolute Gasteiger partial charge is 0.466 e. The lowest BCUT2D eigenvalue weighted by atomic mass is 9.63. The van der Waals surface area contributed by atoms with Gasteiger partial charge in [-0.3, -0.25) is 4.79 Å². The maximum Gasteiger partial charge on any atom is 0.356 e. The van der Waals surface area contributed by atoms with Crippen LogP contribution >= 0.6 is 6.72 Å². The predicted octanol–water partition coefficient (Wildman–Crippen LogP) is 7.01. The van der Waals surface area contributed by atoms with Gasteiger partial charge in [-0.2, -0.15) is 0 Å². The molecule has 7 atom stereocenters. The number of nitrogens with two attached hydrogens (primary N) is 1. The maximum absolute atomic E-state index is 12.2. The number of rotatable bonds is 17. The Hall–Kier alpha value is -5.41. The highest BCUT2D eigenvalue weighted by Crippen LogP contribution is 2.54. The van der Waals surface area contributed by atoms with Crippen molar-refractivity contribution in [2.24, 2.45) is 23.7 Å². The smallest absolute Gasteiger partial charge is 0.356 e. The highest BCUT2D eigenvalue weighted by atomic mass is 32.5. The number of ether oxygens (including phenoxy) is 3. The van der Waals surface area contributed by atoms with Gasteiger partial charge in [0.05, 0.1) is 39.9 Å². The van der Waals surface area contributed by atoms with Crippen molar-refractivity contribution in [2.45, 2.75) is 37.3 Å². The van der Waals surface area contributed by atoms with E-state index in [0.29, 0.717) is 29.8 Å². The minimum atomic E-state index is -3.78. The molecule has 316 valence electrons. The Balaban J connectivity index is 1.04. The van der Waals surface area contributed by atoms with E-state index in [1.165, 1.54) is 20.4 Å². The van der Waals surface area contributed by atoms with E-state index in [9.17, 15) is 14.5 Å². The van der Waals surface area contributed by atoms with Gasteiger partial charge < -0.3 is 38.5 Å². The summed E-state index contributed by atoms with van der Waals surface area (Å²) in [4.78, 5) is 52.9. The summed E-state index contributed by atoms with van der Waals surface area (Å²) in [5.41, 5.74) is 10.3. The van der Waals surface area contributed by atoms with Gasteiger partial charge in [0.1, 0.15) is 23.1 Å². The van der Waals surface area contributed by atoms with Gasteiger partial charge in [-0.05, 0) is 82.7 Å². The Morgan fingerprint density at radius 3 is 2.07 bits per heavy atom. The molecule has 3 N–H and O–H groups in total. The van der Waals surface area contributed by atoms with Crippen LogP contribution in [0.2, 0.25) is 0 Å². The monoisotopic (exact) mass is 862 g/mol. The average Bonchev–Trinajstić information content (AvgIpc) is 3.69. The topological polar surface area (TPSA) is 183 Å². The summed E-state index contributed by atoms with van der Waals surface area (Å²) in [7, 11) is 1.30. The minimum absolute atomic E-state index is 0.0516. The average molecular weight is 863 g/mol. The van der Waals surface area contributed by atoms with Crippen LogP contribution in [0.3, 0.4) is 0 Å². The molecule has 2 fully saturated rings. The molecular weight excluding hydrogens is 816 g/mol. The van der Waals surface area contributed by atoms with E-state index < -0.39 is 18.3 Å². The van der Waals surface area contributed by atoms with E-state index in [0.717, 1.165) is 22.3 Å². The molecule has 0 bridgehead atoms. The molecule has 3 aromatic heterocycles. The van der Waals surface area contributed by atoms with E-state index in [4.69, 9.17) is 40.8 Å². The summed E-state index contributed by atoms with van der Waals surface area (Å²) >= 11 is 5.62. The van der Waals surface area contributed by atoms with Gasteiger partial charge in [-0.15, -0.1) is 0 Å². The number of anilines is 1. The number of carbonyl (C=O) groups is 2. The van der Waals surface area contributed by atoms with Crippen molar-refractivity contribution in [3.8, 4) is 0 Å². The second kappa shape index (κ2) is 18.3. The molecule has 0 radical (unpaired) electrons. The number of imidazole rings is 1. The van der Waals surface area contributed by atoms with Crippen LogP contribution in [-0.2, 0) is 45.5 Å². The van der Waals surface area contributed by atoms with Crippen molar-refractivity contribution in [3.05, 3.63) is 150 Å². The van der Waals surface area contributed by atoms with Crippen molar-refractivity contribution >= 4 is 47.4 Å². The lowest BCUT2D eigenvalue weighted by molar-refractivity contribution is -0.145. The first-order valence-electron chi connectivity index (χ1n) is 20.1. The number of fused-ring (bicyclic) bond motifs is 1. The number of hydrogen-bond acceptors (Lipinski definition) is 13. The fourth-order valence-electron chi connectivity index (χ4n) is 8.80. The summed E-state index contributed by atoms with van der Waals surface area (Å²) in [6.07, 6.45) is 6.04. The number of benzene rings is 3. The third-order valence-electron chi connectivity index (χ3n) is 12.1. The number of hydrogen-bond donors (Lipinski definition) is 2. The van der Waals surface area contributed by atoms with Crippen molar-refractivity contribution < 1.29 is 37.7 Å². The normalized spacial score (nSPS) is 22.1. The molecule has 61 heavy (non-hydrogen) atoms. The van der Waals surface area contributed by atoms with Crippen LogP contribution in [0.5, 0.6) is 0 Å². The molecule has 0 spiro atoms. The van der Waals surface area contributed by atoms with Crippen molar-refractivity contribution in [2.75, 3.05) is 39.3 Å². The van der Waals surface area contributed by atoms with Gasteiger partial charge in [0.2, 0.25) is 0 Å². The van der Waals surface area contributed by atoms with Crippen LogP contribution in [0.15, 0.2) is 122 Å². The van der Waals surface area contributed by atoms with E-state index in [1.54, 1.807) is 18.6 Å². The summed E-state index contributed by atoms with van der Waals surface area (Å²) in [6, 6.07) is 33.9. The molecule has 3 heterocycles. The first-order valence-corrected chi connectivity index (χ1v) is 22.7. The Kier molecular flexibility index (Phi) is 12.7. The number of methoxy groups -OCH3 is 1. The van der Waals surface area contributed by atoms with E-state index in [-0.39, 0.29) is 73.7 Å². The molecule has 2 aliphatic rings. The summed E-state index contributed by atoms with van der Waals surface area (Å²) in [5.74, 6) is -1.22. The van der Waals surface area contributed by atoms with Crippen LogP contribution in [0.4, 0.5) is 5.82 Å². The van der Waals surface area contributed by atoms with Crippen LogP contribution in [-0.4, -0.2) is 74.9 Å². The zero-order valence-electron chi connectivity index (χ0n) is 33.7. The number of carbonyl (C=O) groups excluding carboxylic acids is 2. The van der Waals surface area contributed by atoms with E-state index >= 15 is 0 Å². The van der Waals surface area contributed by atoms with Crippen molar-refractivity contribution in [1.82, 2.24) is 24.5 Å². The molecule has 2 saturated carbocycles. The highest BCUT2D eigenvalue weighted by Gasteiger charge is 2.48. The molecule has 0 aliphatic heterocycles. The second-order valence-corrected chi connectivity index (χ2v) is 18.3. The molecule has 0 saturated heterocycles. The molecule has 1 unspecified atom stereocenters. The Morgan fingerprint density at radius 2 is 1.44 bits per heavy atom. The summed E-state index contributed by atoms with van der Waals surface area (Å²) < 4.78 is 31.8. The SMILES string of the molecule is COC(=O)c1cc([C@@H]2C[C@H](COC(C)=O)[C@H]2COP(O)(=S)OC[C@H]2C[C@@H](n3cnc4c(N)ncnc43)[C@@H]2COC(c2ccccc2)(c2ccccc2)c2ccccc2)ccn1. The molecule has 3 aromatic carbocycles. The van der Waals surface area contributed by atoms with Gasteiger partial charge >= 0.3 is 18.7 Å². The number of pyridine rings is 1. The summed E-state index contributed by atoms with van der Waals surface area (Å²) in [5, 5.41) is 0. The standard InChI is InChI=1S/C45H47N6O8PS/c1-29(52)56-23-31-20-36(30-18-19-47-39(21-30)44(53)55-2)37(31)26-59-60(54,61)58-24-32-22-40(51-28-50-41-42(46)48-27-49-43(41)51)38(32)25-57-45(33-12-6-3-7-13-33,34-14-8-4-9-15-34)35-16-10-5-11-17-35/h3-19,21,27-28,31-32,36-38,40H,20,22-26H2,1-2H3,(H,54,61)(H2,46,48,49)/t31-,32-,36+,37-,38-,40-,60?/m1/s1. The second-order valence-electron chi connectivity index (χ2n) is 15.5. The fraction of sp³-hybridized carbons (Fsp3) is 0.333. The van der Waals surface area contributed by atoms with Crippen LogP contribution in [0, 0.1) is 23.7 Å². The zero-order chi connectivity index (χ0) is 42.6. The third kappa shape index (κ3) is 8.85. The van der Waals surface area contributed by atoms with Gasteiger partial charge in [0.25, 0.3) is 0 Å². The van der Waals surface area contributed by atoms with Gasteiger partial charge in [0.15, 0.2) is 11.5 Å². The summed E-state index contributed by atoms with van der Waals surface area (Å²) in [6.45, 7) is -1.79. The lowest BCUT2D eigenvalue weighted by Gasteiger charge is -2.47. The maximum atomic E-state index is 12.2. The number of nitrogens with zero attached hydrogens (tertiary/aromatic N) is 5. The van der Waals surface area contributed by atoms with Gasteiger partial charge in [-0.25, -0.2) is 24.7 Å². The third-order valence-corrected chi connectivity index (χ3v) is 13.7. The molecule has 14 nitrogen and oxygen atoms in total. The first kappa shape index (κ1) is 42.3. The molecular formula is C45H47N6O8PS. The highest BCUT2D eigenvalue weighted by molar-refractivity contribution is 8.07. The van der Waals surface area contributed by atoms with E-state index in [2.05, 4.69) is 56.3 Å². The Bertz CT molecular complexity index is 2420. The van der Waals surface area contributed by atoms with E-state index in [1.807, 2.05) is 65.2 Å². The quantitative estimate of drug-likeness (QED) is 0.0543. The molecule has 8 rings (SSSR count). The Labute approximate surface area is 358 Å². The zero-order valence-corrected chi connectivity index (χ0v) is 35.4. The van der Waals surface area contributed by atoms with Crippen LogP contribution in [0.1, 0.15) is 64.5 Å². The van der Waals surface area contributed by atoms with Crippen LogP contribution < -0.4 is 5.73 Å². The number of nitrogen functional groups attached to an aromatic ring is 1.